The van der Waals surface area contributed by atoms with Gasteiger partial charge in [0.2, 0.25) is 21.8 Å². The third-order valence-corrected chi connectivity index (χ3v) is 8.47. The predicted octanol–water partition coefficient (Wildman–Crippen LogP) is 2.46. The summed E-state index contributed by atoms with van der Waals surface area (Å²) in [5.74, 6) is -0.0467. The topological polar surface area (TPSA) is 86.8 Å². The zero-order valence-corrected chi connectivity index (χ0v) is 18.7. The molecule has 0 bridgehead atoms. The average Bonchev–Trinajstić information content (AvgIpc) is 3.22. The fourth-order valence-electron chi connectivity index (χ4n) is 3.51. The van der Waals surface area contributed by atoms with Gasteiger partial charge in [0.05, 0.1) is 10.6 Å². The number of benzene rings is 1. The molecule has 0 saturated carbocycles. The molecule has 1 fully saturated rings. The summed E-state index contributed by atoms with van der Waals surface area (Å²) in [5, 5.41) is 2.84. The van der Waals surface area contributed by atoms with Crippen molar-refractivity contribution in [2.75, 3.05) is 36.8 Å². The minimum atomic E-state index is -3.60. The Hall–Kier alpha value is -1.58. The Morgan fingerprint density at radius 3 is 2.69 bits per heavy atom. The molecular formula is C20H29N3O4S2. The molecule has 1 aromatic rings. The normalized spacial score (nSPS) is 20.4. The third kappa shape index (κ3) is 4.95. The van der Waals surface area contributed by atoms with Gasteiger partial charge in [0.1, 0.15) is 6.54 Å². The lowest BCUT2D eigenvalue weighted by molar-refractivity contribution is -0.125. The summed E-state index contributed by atoms with van der Waals surface area (Å²) in [4.78, 5) is 27.8. The fourth-order valence-corrected chi connectivity index (χ4v) is 6.10. The summed E-state index contributed by atoms with van der Waals surface area (Å²) >= 11 is 1.52. The molecule has 2 amide bonds. The van der Waals surface area contributed by atoms with Gasteiger partial charge in [-0.15, -0.1) is 11.8 Å². The Balaban J connectivity index is 1.92. The first-order valence-electron chi connectivity index (χ1n) is 10.2. The summed E-state index contributed by atoms with van der Waals surface area (Å²) in [5.41, 5.74) is 0.510. The van der Waals surface area contributed by atoms with Crippen molar-refractivity contribution in [3.63, 3.8) is 0 Å². The van der Waals surface area contributed by atoms with Crippen molar-refractivity contribution in [1.82, 2.24) is 9.62 Å². The largest absolute Gasteiger partial charge is 0.355 e. The van der Waals surface area contributed by atoms with Crippen LogP contribution in [0.4, 0.5) is 5.69 Å². The number of sulfonamides is 1. The lowest BCUT2D eigenvalue weighted by Gasteiger charge is -2.25. The smallest absolute Gasteiger partial charge is 0.243 e. The Bertz CT molecular complexity index is 866. The number of thioether (sulfide) groups is 1. The minimum absolute atomic E-state index is 0.104. The Morgan fingerprint density at radius 1 is 1.28 bits per heavy atom. The van der Waals surface area contributed by atoms with Gasteiger partial charge in [-0.05, 0) is 37.5 Å². The maximum absolute atomic E-state index is 13.0. The summed E-state index contributed by atoms with van der Waals surface area (Å²) in [6, 6.07) is 4.93. The molecule has 29 heavy (non-hydrogen) atoms. The SMILES string of the molecule is CCCCNC(=O)CN1C(=O)[C@H](C)CSc2ccc(S(=O)(=O)N3CCCC3)cc21. The van der Waals surface area contributed by atoms with E-state index in [0.717, 1.165) is 30.6 Å². The number of carbonyl (C=O) groups excluding carboxylic acids is 2. The summed E-state index contributed by atoms with van der Waals surface area (Å²) in [7, 11) is -3.60. The van der Waals surface area contributed by atoms with E-state index < -0.39 is 10.0 Å². The number of amides is 2. The van der Waals surface area contributed by atoms with Crippen LogP contribution in [0.3, 0.4) is 0 Å². The van der Waals surface area contributed by atoms with E-state index >= 15 is 0 Å². The molecule has 1 atom stereocenters. The molecule has 0 aliphatic carbocycles. The molecule has 1 N–H and O–H groups in total. The van der Waals surface area contributed by atoms with Crippen molar-refractivity contribution in [2.45, 2.75) is 49.3 Å². The van der Waals surface area contributed by atoms with Gasteiger partial charge in [0, 0.05) is 36.2 Å². The van der Waals surface area contributed by atoms with Crippen LogP contribution in [0.5, 0.6) is 0 Å². The molecule has 9 heteroatoms. The van der Waals surface area contributed by atoms with Gasteiger partial charge in [-0.1, -0.05) is 20.3 Å². The van der Waals surface area contributed by atoms with E-state index in [0.29, 0.717) is 31.1 Å². The first-order valence-corrected chi connectivity index (χ1v) is 12.6. The van der Waals surface area contributed by atoms with Gasteiger partial charge in [-0.25, -0.2) is 8.42 Å². The standard InChI is InChI=1S/C20H29N3O4S2/c1-3-4-9-21-19(24)13-23-17-12-16(29(26,27)22-10-5-6-11-22)7-8-18(17)28-14-15(2)20(23)25/h7-8,12,15H,3-6,9-11,13-14H2,1-2H3,(H,21,24)/t15-/m1/s1. The van der Waals surface area contributed by atoms with E-state index in [2.05, 4.69) is 5.32 Å². The molecule has 3 rings (SSSR count). The quantitative estimate of drug-likeness (QED) is 0.660. The summed E-state index contributed by atoms with van der Waals surface area (Å²) in [6.07, 6.45) is 3.57. The first-order chi connectivity index (χ1) is 13.8. The van der Waals surface area contributed by atoms with Crippen LogP contribution >= 0.6 is 11.8 Å². The Kier molecular flexibility index (Phi) is 7.23. The van der Waals surface area contributed by atoms with E-state index in [4.69, 9.17) is 0 Å². The number of rotatable bonds is 7. The molecular weight excluding hydrogens is 410 g/mol. The van der Waals surface area contributed by atoms with Crippen molar-refractivity contribution >= 4 is 39.3 Å². The molecule has 2 heterocycles. The highest BCUT2D eigenvalue weighted by atomic mass is 32.2. The van der Waals surface area contributed by atoms with Gasteiger partial charge < -0.3 is 10.2 Å². The van der Waals surface area contributed by atoms with Crippen molar-refractivity contribution < 1.29 is 18.0 Å². The van der Waals surface area contributed by atoms with Crippen LogP contribution in [0.2, 0.25) is 0 Å². The highest BCUT2D eigenvalue weighted by Gasteiger charge is 2.32. The molecule has 0 aromatic heterocycles. The average molecular weight is 440 g/mol. The Morgan fingerprint density at radius 2 is 2.00 bits per heavy atom. The van der Waals surface area contributed by atoms with Gasteiger partial charge in [-0.3, -0.25) is 9.59 Å². The van der Waals surface area contributed by atoms with E-state index in [1.165, 1.54) is 21.0 Å². The molecule has 7 nitrogen and oxygen atoms in total. The number of hydrogen-bond acceptors (Lipinski definition) is 5. The van der Waals surface area contributed by atoms with Gasteiger partial charge in [0.15, 0.2) is 0 Å². The van der Waals surface area contributed by atoms with Crippen LogP contribution in [0.1, 0.15) is 39.5 Å². The van der Waals surface area contributed by atoms with E-state index in [-0.39, 0.29) is 29.2 Å². The maximum Gasteiger partial charge on any atom is 0.243 e. The van der Waals surface area contributed by atoms with E-state index in [9.17, 15) is 18.0 Å². The van der Waals surface area contributed by atoms with Crippen molar-refractivity contribution in [1.29, 1.82) is 0 Å². The number of anilines is 1. The Labute approximate surface area is 177 Å². The molecule has 1 aromatic carbocycles. The predicted molar refractivity (Wildman–Crippen MR) is 115 cm³/mol. The number of fused-ring (bicyclic) bond motifs is 1. The number of nitrogens with zero attached hydrogens (tertiary/aromatic N) is 2. The van der Waals surface area contributed by atoms with Crippen molar-refractivity contribution in [3.8, 4) is 0 Å². The second-order valence-electron chi connectivity index (χ2n) is 7.58. The van der Waals surface area contributed by atoms with Crippen LogP contribution < -0.4 is 10.2 Å². The fraction of sp³-hybridized carbons (Fsp3) is 0.600. The second kappa shape index (κ2) is 9.49. The third-order valence-electron chi connectivity index (χ3n) is 5.25. The van der Waals surface area contributed by atoms with E-state index in [1.807, 2.05) is 13.8 Å². The summed E-state index contributed by atoms with van der Waals surface area (Å²) in [6.45, 7) is 5.39. The maximum atomic E-state index is 13.0. The van der Waals surface area contributed by atoms with Crippen LogP contribution in [0.15, 0.2) is 28.0 Å². The van der Waals surface area contributed by atoms with Crippen molar-refractivity contribution in [2.24, 2.45) is 5.92 Å². The molecule has 2 aliphatic rings. The highest BCUT2D eigenvalue weighted by molar-refractivity contribution is 7.99. The lowest BCUT2D eigenvalue weighted by atomic mass is 10.1. The minimum Gasteiger partial charge on any atom is -0.355 e. The molecule has 2 aliphatic heterocycles. The number of hydrogen-bond donors (Lipinski definition) is 1. The number of carbonyl (C=O) groups is 2. The van der Waals surface area contributed by atoms with Crippen LogP contribution in [0, 0.1) is 5.92 Å². The second-order valence-corrected chi connectivity index (χ2v) is 10.6. The number of unbranched alkanes of at least 4 members (excludes halogenated alkanes) is 1. The molecule has 0 spiro atoms. The van der Waals surface area contributed by atoms with Crippen LogP contribution in [0.25, 0.3) is 0 Å². The van der Waals surface area contributed by atoms with Crippen LogP contribution in [-0.2, 0) is 19.6 Å². The van der Waals surface area contributed by atoms with Crippen molar-refractivity contribution in [3.05, 3.63) is 18.2 Å². The van der Waals surface area contributed by atoms with Gasteiger partial charge in [-0.2, -0.15) is 4.31 Å². The first kappa shape index (κ1) is 22.1. The molecule has 0 unspecified atom stereocenters. The monoisotopic (exact) mass is 439 g/mol. The molecule has 1 saturated heterocycles. The lowest BCUT2D eigenvalue weighted by Crippen LogP contribution is -2.43. The van der Waals surface area contributed by atoms with Crippen LogP contribution in [-0.4, -0.2) is 56.5 Å². The van der Waals surface area contributed by atoms with E-state index in [1.54, 1.807) is 18.2 Å². The van der Waals surface area contributed by atoms with Gasteiger partial charge in [0.25, 0.3) is 0 Å². The zero-order valence-electron chi connectivity index (χ0n) is 17.0. The molecule has 160 valence electrons. The highest BCUT2D eigenvalue weighted by Crippen LogP contribution is 2.38. The molecule has 0 radical (unpaired) electrons. The summed E-state index contributed by atoms with van der Waals surface area (Å²) < 4.78 is 27.5. The van der Waals surface area contributed by atoms with Gasteiger partial charge >= 0.3 is 0 Å². The number of nitrogens with one attached hydrogen (secondary N) is 1. The zero-order chi connectivity index (χ0) is 21.0.